The molecule has 0 spiro atoms. The standard InChI is InChI=1S/C16H20N4O4S2.C3H8/c1-8-3-2-4-9(5-8)23-13(21)14-24-11(7-25-14)20-12-10(26-16(20)22)6-18-15(17)19-12;1-3-2/h6,8-9,11,14H,2-5,7H2,1H3,(H2,17,18,19);3H2,1-2H3. The second-order valence-electron chi connectivity index (χ2n) is 7.45. The van der Waals surface area contributed by atoms with Crippen LogP contribution in [0, 0.1) is 5.92 Å². The molecule has 1 aliphatic heterocycles. The van der Waals surface area contributed by atoms with Crippen molar-refractivity contribution in [3.8, 4) is 0 Å². The Morgan fingerprint density at radius 1 is 1.41 bits per heavy atom. The molecule has 8 nitrogen and oxygen atoms in total. The number of ether oxygens (including phenoxy) is 2. The van der Waals surface area contributed by atoms with Crippen LogP contribution in [0.25, 0.3) is 10.3 Å². The molecule has 0 bridgehead atoms. The second-order valence-corrected chi connectivity index (χ2v) is 9.54. The highest BCUT2D eigenvalue weighted by Crippen LogP contribution is 2.35. The van der Waals surface area contributed by atoms with Gasteiger partial charge in [0.1, 0.15) is 6.10 Å². The predicted molar refractivity (Wildman–Crippen MR) is 116 cm³/mol. The topological polar surface area (TPSA) is 109 Å². The quantitative estimate of drug-likeness (QED) is 0.722. The number of anilines is 1. The fourth-order valence-corrected chi connectivity index (χ4v) is 5.26. The summed E-state index contributed by atoms with van der Waals surface area (Å²) in [4.78, 5) is 32.6. The fourth-order valence-electron chi connectivity index (χ4n) is 3.46. The lowest BCUT2D eigenvalue weighted by Gasteiger charge is -2.27. The van der Waals surface area contributed by atoms with Gasteiger partial charge in [-0.25, -0.2) is 9.78 Å². The first-order chi connectivity index (χ1) is 13.9. The van der Waals surface area contributed by atoms with Crippen molar-refractivity contribution in [3.63, 3.8) is 0 Å². The van der Waals surface area contributed by atoms with Gasteiger partial charge in [0.15, 0.2) is 11.9 Å². The van der Waals surface area contributed by atoms with Gasteiger partial charge in [0.2, 0.25) is 11.4 Å². The molecule has 1 aliphatic carbocycles. The molecule has 1 saturated heterocycles. The highest BCUT2D eigenvalue weighted by atomic mass is 32.2. The summed E-state index contributed by atoms with van der Waals surface area (Å²) in [5, 5.41) is 0. The van der Waals surface area contributed by atoms with E-state index in [1.54, 1.807) is 0 Å². The molecule has 2 N–H and O–H groups in total. The molecular weight excluding hydrogens is 412 g/mol. The van der Waals surface area contributed by atoms with Crippen LogP contribution < -0.4 is 10.6 Å². The summed E-state index contributed by atoms with van der Waals surface area (Å²) in [7, 11) is 0. The van der Waals surface area contributed by atoms with Crippen molar-refractivity contribution in [2.24, 2.45) is 5.92 Å². The van der Waals surface area contributed by atoms with Crippen LogP contribution in [0.2, 0.25) is 0 Å². The number of nitrogen functional groups attached to an aromatic ring is 1. The summed E-state index contributed by atoms with van der Waals surface area (Å²) in [5.74, 6) is 0.777. The summed E-state index contributed by atoms with van der Waals surface area (Å²) in [6.45, 7) is 6.43. The smallest absolute Gasteiger partial charge is 0.346 e. The van der Waals surface area contributed by atoms with Gasteiger partial charge in [-0.15, -0.1) is 11.8 Å². The molecule has 2 aromatic rings. The maximum atomic E-state index is 12.4. The number of nitrogens with two attached hydrogens (primary N) is 1. The van der Waals surface area contributed by atoms with Crippen molar-refractivity contribution in [2.75, 3.05) is 11.5 Å². The third-order valence-corrected chi connectivity index (χ3v) is 6.66. The molecule has 10 heteroatoms. The van der Waals surface area contributed by atoms with Crippen molar-refractivity contribution in [1.82, 2.24) is 14.5 Å². The average molecular weight is 441 g/mol. The third-order valence-electron chi connectivity index (χ3n) is 4.70. The van der Waals surface area contributed by atoms with E-state index in [2.05, 4.69) is 30.7 Å². The van der Waals surface area contributed by atoms with Gasteiger partial charge >= 0.3 is 10.8 Å². The summed E-state index contributed by atoms with van der Waals surface area (Å²) >= 11 is 2.38. The van der Waals surface area contributed by atoms with E-state index < -0.39 is 11.7 Å². The molecule has 4 unspecified atom stereocenters. The van der Waals surface area contributed by atoms with Crippen LogP contribution in [0.5, 0.6) is 0 Å². The minimum Gasteiger partial charge on any atom is -0.460 e. The zero-order chi connectivity index (χ0) is 21.0. The summed E-state index contributed by atoms with van der Waals surface area (Å²) in [6, 6.07) is 0. The van der Waals surface area contributed by atoms with Crippen LogP contribution in [-0.4, -0.2) is 37.8 Å². The highest BCUT2D eigenvalue weighted by molar-refractivity contribution is 8.00. The predicted octanol–water partition coefficient (Wildman–Crippen LogP) is 3.56. The fraction of sp³-hybridized carbons (Fsp3) is 0.684. The minimum absolute atomic E-state index is 0.0354. The van der Waals surface area contributed by atoms with Gasteiger partial charge in [0.05, 0.1) is 10.9 Å². The average Bonchev–Trinajstić information content (AvgIpc) is 3.26. The molecule has 0 aromatic carbocycles. The summed E-state index contributed by atoms with van der Waals surface area (Å²) in [6.07, 6.45) is 6.24. The number of esters is 1. The number of hydrogen-bond acceptors (Lipinski definition) is 9. The highest BCUT2D eigenvalue weighted by Gasteiger charge is 2.37. The van der Waals surface area contributed by atoms with E-state index in [1.807, 2.05) is 0 Å². The van der Waals surface area contributed by atoms with Gasteiger partial charge in [-0.3, -0.25) is 9.36 Å². The molecule has 2 aliphatic rings. The zero-order valence-corrected chi connectivity index (χ0v) is 18.6. The van der Waals surface area contributed by atoms with Crippen molar-refractivity contribution >= 4 is 45.4 Å². The zero-order valence-electron chi connectivity index (χ0n) is 17.0. The molecule has 160 valence electrons. The first-order valence-electron chi connectivity index (χ1n) is 10.0. The van der Waals surface area contributed by atoms with Crippen LogP contribution in [0.3, 0.4) is 0 Å². The number of hydrogen-bond donors (Lipinski definition) is 1. The minimum atomic E-state index is -0.724. The molecule has 0 radical (unpaired) electrons. The lowest BCUT2D eigenvalue weighted by Crippen LogP contribution is -2.30. The van der Waals surface area contributed by atoms with Crippen molar-refractivity contribution < 1.29 is 14.3 Å². The Labute approximate surface area is 178 Å². The molecule has 2 fully saturated rings. The van der Waals surface area contributed by atoms with E-state index in [4.69, 9.17) is 15.2 Å². The molecule has 2 aromatic heterocycles. The van der Waals surface area contributed by atoms with E-state index in [0.29, 0.717) is 22.0 Å². The van der Waals surface area contributed by atoms with E-state index in [0.717, 1.165) is 30.6 Å². The van der Waals surface area contributed by atoms with E-state index >= 15 is 0 Å². The van der Waals surface area contributed by atoms with Crippen molar-refractivity contribution in [3.05, 3.63) is 15.9 Å². The SMILES string of the molecule is CC1CCCC(OC(=O)C2OC(n3c(=O)sc4cnc(N)nc43)CS2)C1.CCC. The number of rotatable bonds is 3. The molecule has 3 heterocycles. The van der Waals surface area contributed by atoms with Gasteiger partial charge in [-0.2, -0.15) is 4.98 Å². The number of fused-ring (bicyclic) bond motifs is 1. The Kier molecular flexibility index (Phi) is 7.53. The van der Waals surface area contributed by atoms with Gasteiger partial charge < -0.3 is 15.2 Å². The van der Waals surface area contributed by atoms with Gasteiger partial charge in [-0.1, -0.05) is 44.9 Å². The third kappa shape index (κ3) is 5.29. The number of carbonyl (C=O) groups excluding carboxylic acids is 1. The molecule has 4 rings (SSSR count). The van der Waals surface area contributed by atoms with Crippen LogP contribution in [0.15, 0.2) is 11.0 Å². The maximum absolute atomic E-state index is 12.4. The van der Waals surface area contributed by atoms with Crippen LogP contribution in [0.4, 0.5) is 5.95 Å². The number of carbonyl (C=O) groups is 1. The molecule has 1 saturated carbocycles. The van der Waals surface area contributed by atoms with E-state index in [9.17, 15) is 9.59 Å². The normalized spacial score (nSPS) is 26.7. The Balaban J connectivity index is 0.000000755. The molecule has 29 heavy (non-hydrogen) atoms. The first-order valence-corrected chi connectivity index (χ1v) is 11.9. The lowest BCUT2D eigenvalue weighted by molar-refractivity contribution is -0.161. The Morgan fingerprint density at radius 3 is 2.90 bits per heavy atom. The number of thioether (sulfide) groups is 1. The van der Waals surface area contributed by atoms with Crippen molar-refractivity contribution in [1.29, 1.82) is 0 Å². The summed E-state index contributed by atoms with van der Waals surface area (Å²) in [5.41, 5.74) is 5.35. The van der Waals surface area contributed by atoms with Gasteiger partial charge in [-0.05, 0) is 25.2 Å². The largest absolute Gasteiger partial charge is 0.460 e. The van der Waals surface area contributed by atoms with E-state index in [-0.39, 0.29) is 22.9 Å². The molecular formula is C19H28N4O4S2. The van der Waals surface area contributed by atoms with Crippen LogP contribution in [-0.2, 0) is 14.3 Å². The second kappa shape index (κ2) is 9.90. The molecule has 0 amide bonds. The number of nitrogens with zero attached hydrogens (tertiary/aromatic N) is 3. The Bertz CT molecular complexity index is 900. The van der Waals surface area contributed by atoms with E-state index in [1.165, 1.54) is 35.4 Å². The van der Waals surface area contributed by atoms with Crippen LogP contribution >= 0.6 is 23.1 Å². The summed E-state index contributed by atoms with van der Waals surface area (Å²) < 4.78 is 13.5. The number of thiazole rings is 1. The first kappa shape index (κ1) is 22.0. The Hall–Kier alpha value is -1.65. The van der Waals surface area contributed by atoms with Gasteiger partial charge in [0, 0.05) is 5.75 Å². The number of aromatic nitrogens is 3. The lowest BCUT2D eigenvalue weighted by atomic mass is 9.89. The maximum Gasteiger partial charge on any atom is 0.346 e. The van der Waals surface area contributed by atoms with Crippen LogP contribution in [0.1, 0.15) is 59.1 Å². The van der Waals surface area contributed by atoms with Crippen molar-refractivity contribution in [2.45, 2.75) is 70.6 Å². The monoisotopic (exact) mass is 440 g/mol. The molecule has 4 atom stereocenters. The van der Waals surface area contributed by atoms with Gasteiger partial charge in [0.25, 0.3) is 0 Å². The Morgan fingerprint density at radius 2 is 2.17 bits per heavy atom.